The summed E-state index contributed by atoms with van der Waals surface area (Å²) in [6.45, 7) is 4.96. The number of hydrogen-bond donors (Lipinski definition) is 1. The molecule has 5 nitrogen and oxygen atoms in total. The van der Waals surface area contributed by atoms with Crippen molar-refractivity contribution in [1.29, 1.82) is 0 Å². The van der Waals surface area contributed by atoms with Crippen LogP contribution in [-0.2, 0) is 12.8 Å². The summed E-state index contributed by atoms with van der Waals surface area (Å²) >= 11 is 1.57. The number of likely N-dealkylation sites (tertiary alicyclic amines) is 1. The molecule has 0 radical (unpaired) electrons. The van der Waals surface area contributed by atoms with E-state index in [1.54, 1.807) is 11.3 Å². The molecule has 2 aliphatic rings. The topological polar surface area (TPSA) is 66.1 Å². The van der Waals surface area contributed by atoms with Crippen molar-refractivity contribution in [2.75, 3.05) is 6.54 Å². The molecule has 2 unspecified atom stereocenters. The van der Waals surface area contributed by atoms with E-state index in [1.165, 1.54) is 4.88 Å². The van der Waals surface area contributed by atoms with E-state index < -0.39 is 0 Å². The van der Waals surface area contributed by atoms with Gasteiger partial charge in [0.25, 0.3) is 11.5 Å². The zero-order valence-electron chi connectivity index (χ0n) is 12.8. The summed E-state index contributed by atoms with van der Waals surface area (Å²) in [5, 5.41) is 0.705. The average molecular weight is 319 g/mol. The van der Waals surface area contributed by atoms with Crippen molar-refractivity contribution in [3.8, 4) is 0 Å². The Hall–Kier alpha value is -1.69. The molecule has 6 heteroatoms. The zero-order valence-corrected chi connectivity index (χ0v) is 13.6. The molecule has 118 valence electrons. The maximum atomic E-state index is 12.7. The summed E-state index contributed by atoms with van der Waals surface area (Å²) in [7, 11) is 0. The van der Waals surface area contributed by atoms with E-state index in [1.807, 2.05) is 4.90 Å². The van der Waals surface area contributed by atoms with Crippen LogP contribution < -0.4 is 5.56 Å². The molecular weight excluding hydrogens is 298 g/mol. The lowest BCUT2D eigenvalue weighted by Crippen LogP contribution is -2.37. The molecule has 0 aromatic carbocycles. The fraction of sp³-hybridized carbons (Fsp3) is 0.562. The van der Waals surface area contributed by atoms with E-state index in [4.69, 9.17) is 0 Å². The lowest BCUT2D eigenvalue weighted by atomic mass is 10.1. The molecule has 1 saturated heterocycles. The monoisotopic (exact) mass is 319 g/mol. The summed E-state index contributed by atoms with van der Waals surface area (Å²) in [5.74, 6) is 0.535. The van der Waals surface area contributed by atoms with Crippen molar-refractivity contribution in [3.63, 3.8) is 0 Å². The normalized spacial score (nSPS) is 24.2. The number of hydrogen-bond acceptors (Lipinski definition) is 4. The van der Waals surface area contributed by atoms with E-state index in [9.17, 15) is 9.59 Å². The number of fused-ring (bicyclic) bond motifs is 3. The third-order valence-corrected chi connectivity index (χ3v) is 6.36. The third kappa shape index (κ3) is 1.93. The summed E-state index contributed by atoms with van der Waals surface area (Å²) in [6, 6.07) is 0.196. The van der Waals surface area contributed by atoms with Crippen LogP contribution in [0.1, 0.15) is 49.2 Å². The van der Waals surface area contributed by atoms with E-state index in [-0.39, 0.29) is 24.8 Å². The van der Waals surface area contributed by atoms with Crippen LogP contribution in [0.2, 0.25) is 0 Å². The second kappa shape index (κ2) is 4.91. The van der Waals surface area contributed by atoms with Crippen LogP contribution in [0, 0.1) is 5.92 Å². The standard InChI is InChI=1S/C16H19N3O2S.H2/c1-8-6-7-19(9(8)2)16(21)13-17-14(20)12-10-4-3-5-11(10)22-15(12)18-13;/h8-9H,3-7H2,1-2H3,(H,17,18,20);1H. The van der Waals surface area contributed by atoms with Crippen molar-refractivity contribution >= 4 is 27.5 Å². The highest BCUT2D eigenvalue weighted by molar-refractivity contribution is 7.18. The molecule has 1 aliphatic carbocycles. The number of H-pyrrole nitrogens is 1. The van der Waals surface area contributed by atoms with Gasteiger partial charge in [-0.3, -0.25) is 9.59 Å². The Labute approximate surface area is 133 Å². The fourth-order valence-electron chi connectivity index (χ4n) is 3.62. The largest absolute Gasteiger partial charge is 0.333 e. The zero-order chi connectivity index (χ0) is 15.4. The van der Waals surface area contributed by atoms with E-state index in [0.29, 0.717) is 11.3 Å². The Kier molecular flexibility index (Phi) is 3.11. The number of nitrogens with one attached hydrogen (secondary N) is 1. The first-order chi connectivity index (χ1) is 10.6. The van der Waals surface area contributed by atoms with E-state index >= 15 is 0 Å². The fourth-order valence-corrected chi connectivity index (χ4v) is 4.88. The molecule has 0 saturated carbocycles. The van der Waals surface area contributed by atoms with Crippen molar-refractivity contribution in [2.24, 2.45) is 5.92 Å². The highest BCUT2D eigenvalue weighted by atomic mass is 32.1. The molecule has 1 fully saturated rings. The van der Waals surface area contributed by atoms with Gasteiger partial charge in [-0.2, -0.15) is 0 Å². The SMILES string of the molecule is CC1CCN(C(=O)c2nc3sc4c(c3c(=O)[nH]2)CCC4)C1C.[HH]. The van der Waals surface area contributed by atoms with Crippen LogP contribution in [0.15, 0.2) is 4.79 Å². The van der Waals surface area contributed by atoms with Gasteiger partial charge in [-0.15, -0.1) is 11.3 Å². The van der Waals surface area contributed by atoms with Crippen molar-refractivity contribution < 1.29 is 6.22 Å². The van der Waals surface area contributed by atoms with Crippen molar-refractivity contribution in [2.45, 2.75) is 45.6 Å². The molecule has 1 aliphatic heterocycles. The smallest absolute Gasteiger partial charge is 0.290 e. The van der Waals surface area contributed by atoms with E-state index in [0.717, 1.165) is 42.6 Å². The van der Waals surface area contributed by atoms with Gasteiger partial charge in [-0.25, -0.2) is 4.98 Å². The van der Waals surface area contributed by atoms with Gasteiger partial charge in [-0.05, 0) is 44.1 Å². The number of carbonyl (C=O) groups is 1. The molecule has 1 N–H and O–H groups in total. The quantitative estimate of drug-likeness (QED) is 0.878. The Morgan fingerprint density at radius 1 is 1.41 bits per heavy atom. The van der Waals surface area contributed by atoms with E-state index in [2.05, 4.69) is 23.8 Å². The number of nitrogens with zero attached hydrogens (tertiary/aromatic N) is 2. The lowest BCUT2D eigenvalue weighted by Gasteiger charge is -2.22. The molecule has 2 aromatic heterocycles. The minimum atomic E-state index is -0.160. The first kappa shape index (κ1) is 13.9. The average Bonchev–Trinajstić information content (AvgIpc) is 3.14. The number of aromatic nitrogens is 2. The molecule has 2 atom stereocenters. The molecule has 4 rings (SSSR count). The highest BCUT2D eigenvalue weighted by Crippen LogP contribution is 2.34. The summed E-state index contributed by atoms with van der Waals surface area (Å²) in [5.41, 5.74) is 0.989. The van der Waals surface area contributed by atoms with Crippen molar-refractivity contribution in [1.82, 2.24) is 14.9 Å². The van der Waals surface area contributed by atoms with Crippen LogP contribution in [0.5, 0.6) is 0 Å². The summed E-state index contributed by atoms with van der Waals surface area (Å²) in [6.07, 6.45) is 4.10. The van der Waals surface area contributed by atoms with Gasteiger partial charge in [0.1, 0.15) is 4.83 Å². The van der Waals surface area contributed by atoms with Crippen molar-refractivity contribution in [3.05, 3.63) is 26.6 Å². The van der Waals surface area contributed by atoms with Gasteiger partial charge >= 0.3 is 0 Å². The van der Waals surface area contributed by atoms with Crippen LogP contribution in [0.3, 0.4) is 0 Å². The predicted octanol–water partition coefficient (Wildman–Crippen LogP) is 2.59. The predicted molar refractivity (Wildman–Crippen MR) is 88.7 cm³/mol. The van der Waals surface area contributed by atoms with Gasteiger partial charge in [0.2, 0.25) is 5.82 Å². The Morgan fingerprint density at radius 2 is 2.23 bits per heavy atom. The molecular formula is C16H21N3O2S. The van der Waals surface area contributed by atoms with Crippen LogP contribution in [-0.4, -0.2) is 33.4 Å². The van der Waals surface area contributed by atoms with Gasteiger partial charge in [0.15, 0.2) is 0 Å². The second-order valence-corrected chi connectivity index (χ2v) is 7.54. The van der Waals surface area contributed by atoms with Gasteiger partial charge < -0.3 is 9.88 Å². The highest BCUT2D eigenvalue weighted by Gasteiger charge is 2.33. The first-order valence-electron chi connectivity index (χ1n) is 7.92. The maximum absolute atomic E-state index is 12.7. The Bertz CT molecular complexity index is 829. The minimum Gasteiger partial charge on any atom is -0.333 e. The molecule has 22 heavy (non-hydrogen) atoms. The van der Waals surface area contributed by atoms with Gasteiger partial charge in [-0.1, -0.05) is 6.92 Å². The van der Waals surface area contributed by atoms with Gasteiger partial charge in [0, 0.05) is 18.9 Å². The second-order valence-electron chi connectivity index (χ2n) is 6.46. The van der Waals surface area contributed by atoms with Crippen LogP contribution in [0.25, 0.3) is 10.2 Å². The number of amides is 1. The number of aryl methyl sites for hydroxylation is 2. The Balaban J connectivity index is 0.00000156. The number of carbonyl (C=O) groups excluding carboxylic acids is 1. The number of aromatic amines is 1. The summed E-state index contributed by atoms with van der Waals surface area (Å²) in [4.78, 5) is 36.1. The maximum Gasteiger partial charge on any atom is 0.290 e. The lowest BCUT2D eigenvalue weighted by molar-refractivity contribution is 0.0722. The number of rotatable bonds is 1. The molecule has 3 heterocycles. The minimum absolute atomic E-state index is 0. The van der Waals surface area contributed by atoms with Crippen LogP contribution >= 0.6 is 11.3 Å². The van der Waals surface area contributed by atoms with Gasteiger partial charge in [0.05, 0.1) is 5.39 Å². The van der Waals surface area contributed by atoms with Crippen LogP contribution in [0.4, 0.5) is 0 Å². The summed E-state index contributed by atoms with van der Waals surface area (Å²) < 4.78 is 0. The molecule has 0 spiro atoms. The third-order valence-electron chi connectivity index (χ3n) is 5.18. The molecule has 1 amide bonds. The number of thiophene rings is 1. The molecule has 2 aromatic rings. The first-order valence-corrected chi connectivity index (χ1v) is 8.73. The Morgan fingerprint density at radius 3 is 2.95 bits per heavy atom. The molecule has 0 bridgehead atoms.